The molecule has 2 aromatic rings. The zero-order chi connectivity index (χ0) is 11.4. The summed E-state index contributed by atoms with van der Waals surface area (Å²) in [5.41, 5.74) is 7.37. The van der Waals surface area contributed by atoms with Gasteiger partial charge in [0.05, 0.1) is 11.4 Å². The number of nitrogens with zero attached hydrogens (tertiary/aromatic N) is 1. The van der Waals surface area contributed by atoms with Crippen molar-refractivity contribution in [2.24, 2.45) is 0 Å². The van der Waals surface area contributed by atoms with E-state index in [0.29, 0.717) is 10.7 Å². The summed E-state index contributed by atoms with van der Waals surface area (Å²) in [6, 6.07) is 5.42. The molecule has 1 heterocycles. The van der Waals surface area contributed by atoms with Crippen LogP contribution in [-0.4, -0.2) is 16.5 Å². The van der Waals surface area contributed by atoms with Crippen LogP contribution in [0.2, 0.25) is 5.02 Å². The molecule has 0 fully saturated rings. The van der Waals surface area contributed by atoms with Gasteiger partial charge < -0.3 is 16.0 Å². The molecule has 0 radical (unpaired) electrons. The quantitative estimate of drug-likeness (QED) is 0.714. The van der Waals surface area contributed by atoms with Gasteiger partial charge in [-0.25, -0.2) is 4.98 Å². The van der Waals surface area contributed by atoms with Crippen molar-refractivity contribution < 1.29 is 0 Å². The minimum Gasteiger partial charge on any atom is -0.397 e. The summed E-state index contributed by atoms with van der Waals surface area (Å²) in [7, 11) is 0. The molecule has 0 bridgehead atoms. The molecule has 5 heteroatoms. The lowest BCUT2D eigenvalue weighted by Gasteiger charge is -2.08. The first-order valence-electron chi connectivity index (χ1n) is 5.03. The highest BCUT2D eigenvalue weighted by Gasteiger charge is 2.00. The largest absolute Gasteiger partial charge is 0.397 e. The van der Waals surface area contributed by atoms with Crippen LogP contribution >= 0.6 is 11.6 Å². The zero-order valence-corrected chi connectivity index (χ0v) is 9.46. The number of aromatic amines is 1. The van der Waals surface area contributed by atoms with Gasteiger partial charge in [0.15, 0.2) is 0 Å². The van der Waals surface area contributed by atoms with Crippen LogP contribution in [0.3, 0.4) is 0 Å². The summed E-state index contributed by atoms with van der Waals surface area (Å²) < 4.78 is 0. The van der Waals surface area contributed by atoms with Crippen LogP contribution in [-0.2, 0) is 6.42 Å². The standard InChI is InChI=1S/C11H13ClN4/c12-8-1-2-10(9(13)7-8)14-4-3-11-15-5-6-16-11/h1-2,5-7,14H,3-4,13H2,(H,15,16). The van der Waals surface area contributed by atoms with Gasteiger partial charge in [0.25, 0.3) is 0 Å². The van der Waals surface area contributed by atoms with E-state index in [4.69, 9.17) is 17.3 Å². The molecule has 0 aliphatic carbocycles. The maximum absolute atomic E-state index is 5.81. The molecule has 0 atom stereocenters. The van der Waals surface area contributed by atoms with Crippen LogP contribution < -0.4 is 11.1 Å². The number of imidazole rings is 1. The van der Waals surface area contributed by atoms with E-state index < -0.39 is 0 Å². The fraction of sp³-hybridized carbons (Fsp3) is 0.182. The summed E-state index contributed by atoms with van der Waals surface area (Å²) in [4.78, 5) is 7.18. The number of hydrogen-bond donors (Lipinski definition) is 3. The molecule has 0 saturated carbocycles. The third-order valence-electron chi connectivity index (χ3n) is 2.25. The summed E-state index contributed by atoms with van der Waals surface area (Å²) in [5, 5.41) is 3.88. The second-order valence-electron chi connectivity index (χ2n) is 3.44. The lowest BCUT2D eigenvalue weighted by Crippen LogP contribution is -2.07. The molecule has 2 rings (SSSR count). The molecule has 4 nitrogen and oxygen atoms in total. The van der Waals surface area contributed by atoms with Gasteiger partial charge in [-0.15, -0.1) is 0 Å². The summed E-state index contributed by atoms with van der Waals surface area (Å²) >= 11 is 5.81. The Kier molecular flexibility index (Phi) is 3.31. The van der Waals surface area contributed by atoms with Gasteiger partial charge in [-0.1, -0.05) is 11.6 Å². The van der Waals surface area contributed by atoms with Crippen LogP contribution in [0.1, 0.15) is 5.82 Å². The molecule has 0 aliphatic heterocycles. The summed E-state index contributed by atoms with van der Waals surface area (Å²) in [6.07, 6.45) is 4.38. The molecule has 1 aromatic carbocycles. The number of hydrogen-bond acceptors (Lipinski definition) is 3. The van der Waals surface area contributed by atoms with Crippen molar-refractivity contribution in [2.75, 3.05) is 17.6 Å². The number of anilines is 2. The first-order chi connectivity index (χ1) is 7.75. The van der Waals surface area contributed by atoms with E-state index in [9.17, 15) is 0 Å². The number of H-pyrrole nitrogens is 1. The van der Waals surface area contributed by atoms with Crippen molar-refractivity contribution in [2.45, 2.75) is 6.42 Å². The molecular formula is C11H13ClN4. The predicted molar refractivity (Wildman–Crippen MR) is 66.6 cm³/mol. The molecule has 0 amide bonds. The van der Waals surface area contributed by atoms with Crippen molar-refractivity contribution in [1.82, 2.24) is 9.97 Å². The number of nitrogen functional groups attached to an aromatic ring is 1. The molecule has 84 valence electrons. The van der Waals surface area contributed by atoms with Crippen molar-refractivity contribution in [3.63, 3.8) is 0 Å². The number of rotatable bonds is 4. The molecular weight excluding hydrogens is 224 g/mol. The Bertz CT molecular complexity index is 453. The SMILES string of the molecule is Nc1cc(Cl)ccc1NCCc1ncc[nH]1. The zero-order valence-electron chi connectivity index (χ0n) is 8.70. The van der Waals surface area contributed by atoms with E-state index in [-0.39, 0.29) is 0 Å². The number of nitrogens with one attached hydrogen (secondary N) is 2. The van der Waals surface area contributed by atoms with E-state index in [2.05, 4.69) is 15.3 Å². The third kappa shape index (κ3) is 2.67. The van der Waals surface area contributed by atoms with Crippen LogP contribution in [0.25, 0.3) is 0 Å². The van der Waals surface area contributed by atoms with E-state index in [1.807, 2.05) is 18.3 Å². The fourth-order valence-electron chi connectivity index (χ4n) is 1.44. The molecule has 0 unspecified atom stereocenters. The number of nitrogens with two attached hydrogens (primary N) is 1. The highest BCUT2D eigenvalue weighted by atomic mass is 35.5. The third-order valence-corrected chi connectivity index (χ3v) is 2.48. The first kappa shape index (κ1) is 10.8. The lowest BCUT2D eigenvalue weighted by molar-refractivity contribution is 0.928. The van der Waals surface area contributed by atoms with E-state index >= 15 is 0 Å². The average Bonchev–Trinajstić information content (AvgIpc) is 2.74. The van der Waals surface area contributed by atoms with Gasteiger partial charge in [-0.05, 0) is 18.2 Å². The van der Waals surface area contributed by atoms with Crippen LogP contribution in [0.5, 0.6) is 0 Å². The highest BCUT2D eigenvalue weighted by molar-refractivity contribution is 6.31. The van der Waals surface area contributed by atoms with Crippen molar-refractivity contribution >= 4 is 23.0 Å². The van der Waals surface area contributed by atoms with E-state index in [1.165, 1.54) is 0 Å². The smallest absolute Gasteiger partial charge is 0.107 e. The molecule has 4 N–H and O–H groups in total. The minimum atomic E-state index is 0.647. The Labute approximate surface area is 98.8 Å². The predicted octanol–water partition coefficient (Wildman–Crippen LogP) is 2.30. The van der Waals surface area contributed by atoms with Gasteiger partial charge in [0.1, 0.15) is 5.82 Å². The van der Waals surface area contributed by atoms with Gasteiger partial charge in [0, 0.05) is 30.4 Å². The normalized spacial score (nSPS) is 10.3. The lowest BCUT2D eigenvalue weighted by atomic mass is 10.2. The van der Waals surface area contributed by atoms with Gasteiger partial charge in [-0.3, -0.25) is 0 Å². The molecule has 0 saturated heterocycles. The summed E-state index contributed by atoms with van der Waals surface area (Å²) in [5.74, 6) is 0.958. The van der Waals surface area contributed by atoms with Crippen molar-refractivity contribution in [3.8, 4) is 0 Å². The van der Waals surface area contributed by atoms with Crippen LogP contribution in [0.4, 0.5) is 11.4 Å². The summed E-state index contributed by atoms with van der Waals surface area (Å²) in [6.45, 7) is 0.777. The Morgan fingerprint density at radius 2 is 2.31 bits per heavy atom. The minimum absolute atomic E-state index is 0.647. The van der Waals surface area contributed by atoms with Gasteiger partial charge in [-0.2, -0.15) is 0 Å². The fourth-order valence-corrected chi connectivity index (χ4v) is 1.63. The molecule has 1 aromatic heterocycles. The molecule has 0 spiro atoms. The molecule has 16 heavy (non-hydrogen) atoms. The highest BCUT2D eigenvalue weighted by Crippen LogP contribution is 2.22. The maximum atomic E-state index is 5.81. The topological polar surface area (TPSA) is 66.7 Å². The van der Waals surface area contributed by atoms with Crippen LogP contribution in [0, 0.1) is 0 Å². The number of benzene rings is 1. The second kappa shape index (κ2) is 4.90. The Balaban J connectivity index is 1.90. The Morgan fingerprint density at radius 1 is 1.44 bits per heavy atom. The number of aromatic nitrogens is 2. The maximum Gasteiger partial charge on any atom is 0.107 e. The Hall–Kier alpha value is -1.68. The van der Waals surface area contributed by atoms with E-state index in [0.717, 1.165) is 24.5 Å². The average molecular weight is 237 g/mol. The number of halogens is 1. The van der Waals surface area contributed by atoms with Crippen molar-refractivity contribution in [3.05, 3.63) is 41.4 Å². The van der Waals surface area contributed by atoms with E-state index in [1.54, 1.807) is 12.3 Å². The van der Waals surface area contributed by atoms with Crippen molar-refractivity contribution in [1.29, 1.82) is 0 Å². The monoisotopic (exact) mass is 236 g/mol. The van der Waals surface area contributed by atoms with Gasteiger partial charge in [0.2, 0.25) is 0 Å². The Morgan fingerprint density at radius 3 is 3.00 bits per heavy atom. The van der Waals surface area contributed by atoms with Crippen LogP contribution in [0.15, 0.2) is 30.6 Å². The first-order valence-corrected chi connectivity index (χ1v) is 5.40. The van der Waals surface area contributed by atoms with Gasteiger partial charge >= 0.3 is 0 Å². The second-order valence-corrected chi connectivity index (χ2v) is 3.88. The molecule has 0 aliphatic rings.